The minimum absolute atomic E-state index is 0.00916. The van der Waals surface area contributed by atoms with Crippen molar-refractivity contribution in [3.05, 3.63) is 59.7 Å². The first-order valence-electron chi connectivity index (χ1n) is 9.29. The first kappa shape index (κ1) is 21.5. The molecule has 1 N–H and O–H groups in total. The minimum Gasteiger partial charge on any atom is -0.497 e. The summed E-state index contributed by atoms with van der Waals surface area (Å²) >= 11 is 0. The molecule has 0 saturated carbocycles. The van der Waals surface area contributed by atoms with E-state index in [0.717, 1.165) is 4.90 Å². The van der Waals surface area contributed by atoms with Crippen molar-refractivity contribution in [2.75, 3.05) is 19.4 Å². The van der Waals surface area contributed by atoms with Gasteiger partial charge in [-0.2, -0.15) is 0 Å². The Morgan fingerprint density at radius 1 is 1.03 bits per heavy atom. The van der Waals surface area contributed by atoms with E-state index in [4.69, 9.17) is 4.74 Å². The molecule has 9 heteroatoms. The van der Waals surface area contributed by atoms with Crippen molar-refractivity contribution in [2.45, 2.75) is 17.7 Å². The fourth-order valence-electron chi connectivity index (χ4n) is 3.36. The number of nitrogens with zero attached hydrogens (tertiary/aromatic N) is 1. The van der Waals surface area contributed by atoms with E-state index in [-0.39, 0.29) is 24.3 Å². The normalized spacial score (nSPS) is 14.5. The summed E-state index contributed by atoms with van der Waals surface area (Å²) in [4.78, 5) is 37.4. The van der Waals surface area contributed by atoms with E-state index in [1.165, 1.54) is 31.4 Å². The van der Waals surface area contributed by atoms with Gasteiger partial charge in [0, 0.05) is 6.54 Å². The average molecular weight is 431 g/mol. The molecular formula is C21H21NO7S. The number of fused-ring (bicyclic) bond motifs is 1. The zero-order chi connectivity index (χ0) is 21.9. The van der Waals surface area contributed by atoms with Gasteiger partial charge in [0.15, 0.2) is 9.84 Å². The van der Waals surface area contributed by atoms with E-state index in [0.29, 0.717) is 16.9 Å². The molecule has 0 radical (unpaired) electrons. The maximum Gasteiger partial charge on any atom is 0.307 e. The number of hydrogen-bond acceptors (Lipinski definition) is 6. The predicted molar refractivity (Wildman–Crippen MR) is 107 cm³/mol. The molecule has 0 bridgehead atoms. The number of imide groups is 1. The van der Waals surface area contributed by atoms with Gasteiger partial charge in [-0.3, -0.25) is 19.3 Å². The molecule has 1 heterocycles. The van der Waals surface area contributed by atoms with Crippen LogP contribution in [0, 0.1) is 5.92 Å². The van der Waals surface area contributed by atoms with Crippen LogP contribution in [0.3, 0.4) is 0 Å². The van der Waals surface area contributed by atoms with E-state index >= 15 is 0 Å². The molecule has 3 rings (SSSR count). The Morgan fingerprint density at radius 3 is 2.10 bits per heavy atom. The number of benzene rings is 2. The first-order chi connectivity index (χ1) is 14.2. The van der Waals surface area contributed by atoms with E-state index < -0.39 is 39.3 Å². The molecule has 1 atom stereocenters. The number of hydrogen-bond donors (Lipinski definition) is 1. The number of carbonyl (C=O) groups excluding carboxylic acids is 2. The van der Waals surface area contributed by atoms with Crippen LogP contribution in [0.1, 0.15) is 33.6 Å². The Balaban J connectivity index is 1.63. The molecule has 2 aromatic rings. The van der Waals surface area contributed by atoms with Crippen molar-refractivity contribution in [2.24, 2.45) is 5.92 Å². The first-order valence-corrected chi connectivity index (χ1v) is 10.9. The van der Waals surface area contributed by atoms with Gasteiger partial charge in [0.05, 0.1) is 34.8 Å². The van der Waals surface area contributed by atoms with Crippen molar-refractivity contribution in [1.29, 1.82) is 0 Å². The number of methoxy groups -OCH3 is 1. The third-order valence-electron chi connectivity index (χ3n) is 5.00. The standard InChI is InChI=1S/C21H21NO7S/c1-29-15-8-10-16(11-9-15)30(27,28)13-14(21(25)26)5-4-12-22-19(23)17-6-2-3-7-18(17)20(22)24/h2-3,6-11,14H,4-5,12-13H2,1H3,(H,25,26). The summed E-state index contributed by atoms with van der Waals surface area (Å²) < 4.78 is 30.2. The number of carbonyl (C=O) groups is 3. The van der Waals surface area contributed by atoms with Crippen LogP contribution in [-0.4, -0.2) is 55.6 Å². The van der Waals surface area contributed by atoms with Gasteiger partial charge in [0.1, 0.15) is 5.75 Å². The lowest BCUT2D eigenvalue weighted by molar-refractivity contribution is -0.141. The topological polar surface area (TPSA) is 118 Å². The monoisotopic (exact) mass is 431 g/mol. The van der Waals surface area contributed by atoms with Crippen LogP contribution in [0.15, 0.2) is 53.4 Å². The van der Waals surface area contributed by atoms with Gasteiger partial charge in [-0.1, -0.05) is 12.1 Å². The lowest BCUT2D eigenvalue weighted by Gasteiger charge is -2.16. The van der Waals surface area contributed by atoms with Gasteiger partial charge in [-0.05, 0) is 49.2 Å². The van der Waals surface area contributed by atoms with Gasteiger partial charge >= 0.3 is 5.97 Å². The Hall–Kier alpha value is -3.20. The minimum atomic E-state index is -3.83. The van der Waals surface area contributed by atoms with Gasteiger partial charge in [0.25, 0.3) is 11.8 Å². The zero-order valence-electron chi connectivity index (χ0n) is 16.3. The van der Waals surface area contributed by atoms with Gasteiger partial charge < -0.3 is 9.84 Å². The summed E-state index contributed by atoms with van der Waals surface area (Å²) in [5.74, 6) is -3.33. The summed E-state index contributed by atoms with van der Waals surface area (Å²) in [6, 6.07) is 12.2. The Kier molecular flexibility index (Phi) is 6.21. The lowest BCUT2D eigenvalue weighted by atomic mass is 10.1. The van der Waals surface area contributed by atoms with Crippen LogP contribution in [-0.2, 0) is 14.6 Å². The third kappa shape index (κ3) is 4.35. The Labute approximate surface area is 174 Å². The van der Waals surface area contributed by atoms with E-state index in [1.54, 1.807) is 24.3 Å². The highest BCUT2D eigenvalue weighted by Gasteiger charge is 2.35. The van der Waals surface area contributed by atoms with Gasteiger partial charge in [-0.15, -0.1) is 0 Å². The van der Waals surface area contributed by atoms with Crippen LogP contribution in [0.5, 0.6) is 5.75 Å². The van der Waals surface area contributed by atoms with Crippen LogP contribution < -0.4 is 4.74 Å². The molecule has 158 valence electrons. The van der Waals surface area contributed by atoms with Crippen LogP contribution in [0.2, 0.25) is 0 Å². The lowest BCUT2D eigenvalue weighted by Crippen LogP contribution is -2.32. The number of rotatable bonds is 9. The maximum atomic E-state index is 12.6. The highest BCUT2D eigenvalue weighted by molar-refractivity contribution is 7.91. The molecule has 0 saturated heterocycles. The van der Waals surface area contributed by atoms with E-state index in [1.807, 2.05) is 0 Å². The molecule has 0 aliphatic carbocycles. The van der Waals surface area contributed by atoms with Crippen molar-refractivity contribution in [3.63, 3.8) is 0 Å². The fourth-order valence-corrected chi connectivity index (χ4v) is 4.94. The van der Waals surface area contributed by atoms with Crippen molar-refractivity contribution in [3.8, 4) is 5.75 Å². The number of amides is 2. The molecule has 0 aromatic heterocycles. The Bertz CT molecular complexity index is 1040. The van der Waals surface area contributed by atoms with Crippen LogP contribution in [0.25, 0.3) is 0 Å². The van der Waals surface area contributed by atoms with Crippen molar-refractivity contribution >= 4 is 27.6 Å². The van der Waals surface area contributed by atoms with Crippen LogP contribution in [0.4, 0.5) is 0 Å². The van der Waals surface area contributed by atoms with Crippen molar-refractivity contribution < 1.29 is 32.6 Å². The number of carboxylic acid groups (broad SMARTS) is 1. The summed E-state index contributed by atoms with van der Waals surface area (Å²) in [6.07, 6.45) is 0.193. The number of sulfone groups is 1. The highest BCUT2D eigenvalue weighted by atomic mass is 32.2. The predicted octanol–water partition coefficient (Wildman–Crippen LogP) is 2.25. The fraction of sp³-hybridized carbons (Fsp3) is 0.286. The SMILES string of the molecule is COc1ccc(S(=O)(=O)CC(CCCN2C(=O)c3ccccc3C2=O)C(=O)O)cc1. The molecule has 1 unspecified atom stereocenters. The summed E-state index contributed by atoms with van der Waals surface area (Å²) in [5.41, 5.74) is 0.638. The molecule has 30 heavy (non-hydrogen) atoms. The summed E-state index contributed by atoms with van der Waals surface area (Å²) in [7, 11) is -2.37. The molecule has 0 spiro atoms. The molecule has 2 aromatic carbocycles. The molecule has 1 aliphatic heterocycles. The molecule has 8 nitrogen and oxygen atoms in total. The second-order valence-electron chi connectivity index (χ2n) is 6.94. The van der Waals surface area contributed by atoms with Gasteiger partial charge in [-0.25, -0.2) is 8.42 Å². The molecular weight excluding hydrogens is 410 g/mol. The smallest absolute Gasteiger partial charge is 0.307 e. The van der Waals surface area contributed by atoms with Crippen molar-refractivity contribution in [1.82, 2.24) is 4.90 Å². The Morgan fingerprint density at radius 2 is 1.60 bits per heavy atom. The maximum absolute atomic E-state index is 12.6. The van der Waals surface area contributed by atoms with E-state index in [2.05, 4.69) is 0 Å². The highest BCUT2D eigenvalue weighted by Crippen LogP contribution is 2.24. The summed E-state index contributed by atoms with van der Waals surface area (Å²) in [5, 5.41) is 9.47. The average Bonchev–Trinajstić information content (AvgIpc) is 2.98. The number of ether oxygens (including phenoxy) is 1. The summed E-state index contributed by atoms with van der Waals surface area (Å²) in [6.45, 7) is 0.0265. The second-order valence-corrected chi connectivity index (χ2v) is 8.98. The third-order valence-corrected chi connectivity index (χ3v) is 6.83. The number of aliphatic carboxylic acids is 1. The molecule has 1 aliphatic rings. The van der Waals surface area contributed by atoms with E-state index in [9.17, 15) is 27.9 Å². The van der Waals surface area contributed by atoms with Gasteiger partial charge in [0.2, 0.25) is 0 Å². The number of carboxylic acids is 1. The quantitative estimate of drug-likeness (QED) is 0.605. The molecule has 0 fully saturated rings. The second kappa shape index (κ2) is 8.66. The van der Waals surface area contributed by atoms with Crippen LogP contribution >= 0.6 is 0 Å². The zero-order valence-corrected chi connectivity index (χ0v) is 17.1. The largest absolute Gasteiger partial charge is 0.497 e. The molecule has 2 amide bonds.